The molecule has 0 aliphatic heterocycles. The Morgan fingerprint density at radius 2 is 2.10 bits per heavy atom. The first kappa shape index (κ1) is 16.8. The Hall–Kier alpha value is -1.26. The van der Waals surface area contributed by atoms with E-state index in [9.17, 15) is 4.79 Å². The van der Waals surface area contributed by atoms with Crippen LogP contribution in [0.4, 0.5) is 4.79 Å². The molecule has 112 valence electrons. The van der Waals surface area contributed by atoms with Crippen molar-refractivity contribution in [3.05, 3.63) is 34.3 Å². The number of carbonyl (C=O) groups is 1. The van der Waals surface area contributed by atoms with Crippen LogP contribution in [0, 0.1) is 6.92 Å². The minimum atomic E-state index is -0.511. The largest absolute Gasteiger partial charge is 0.444 e. The SMILES string of the molecule is Cc1cccc(C(CN)CNC(=O)OC(C)(C)C)c1Cl. The molecule has 1 amide bonds. The topological polar surface area (TPSA) is 64.3 Å². The molecule has 4 nitrogen and oxygen atoms in total. The van der Waals surface area contributed by atoms with E-state index in [1.165, 1.54) is 0 Å². The lowest BCUT2D eigenvalue weighted by Crippen LogP contribution is -2.36. The molecular weight excluding hydrogens is 276 g/mol. The van der Waals surface area contributed by atoms with Crippen LogP contribution < -0.4 is 11.1 Å². The molecule has 0 fully saturated rings. The van der Waals surface area contributed by atoms with Gasteiger partial charge < -0.3 is 15.8 Å². The molecule has 0 bridgehead atoms. The zero-order chi connectivity index (χ0) is 15.3. The number of alkyl carbamates (subject to hydrolysis) is 1. The van der Waals surface area contributed by atoms with Crippen LogP contribution >= 0.6 is 11.6 Å². The van der Waals surface area contributed by atoms with Crippen LogP contribution in [0.3, 0.4) is 0 Å². The van der Waals surface area contributed by atoms with Gasteiger partial charge in [-0.2, -0.15) is 0 Å². The third kappa shape index (κ3) is 5.02. The summed E-state index contributed by atoms with van der Waals surface area (Å²) in [4.78, 5) is 11.7. The Bertz CT molecular complexity index is 469. The molecule has 0 spiro atoms. The lowest BCUT2D eigenvalue weighted by atomic mass is 9.97. The maximum atomic E-state index is 11.7. The summed E-state index contributed by atoms with van der Waals surface area (Å²) in [5, 5.41) is 3.44. The number of nitrogens with one attached hydrogen (secondary N) is 1. The number of hydrogen-bond acceptors (Lipinski definition) is 3. The zero-order valence-corrected chi connectivity index (χ0v) is 13.3. The van der Waals surface area contributed by atoms with Gasteiger partial charge in [-0.15, -0.1) is 0 Å². The Kier molecular flexibility index (Phi) is 5.84. The van der Waals surface area contributed by atoms with Crippen molar-refractivity contribution >= 4 is 17.7 Å². The van der Waals surface area contributed by atoms with Crippen molar-refractivity contribution in [3.8, 4) is 0 Å². The van der Waals surface area contributed by atoms with E-state index in [0.717, 1.165) is 11.1 Å². The average Bonchev–Trinajstić information content (AvgIpc) is 2.32. The van der Waals surface area contributed by atoms with Gasteiger partial charge in [-0.3, -0.25) is 0 Å². The fourth-order valence-corrected chi connectivity index (χ4v) is 2.11. The average molecular weight is 299 g/mol. The number of nitrogens with two attached hydrogens (primary N) is 1. The summed E-state index contributed by atoms with van der Waals surface area (Å²) in [6.45, 7) is 8.22. The van der Waals surface area contributed by atoms with Gasteiger partial charge in [-0.1, -0.05) is 29.8 Å². The summed E-state index contributed by atoms with van der Waals surface area (Å²) in [5.41, 5.74) is 7.23. The second-order valence-electron chi connectivity index (χ2n) is 5.79. The number of rotatable bonds is 4. The lowest BCUT2D eigenvalue weighted by Gasteiger charge is -2.22. The molecule has 1 aromatic rings. The number of benzene rings is 1. The number of hydrogen-bond donors (Lipinski definition) is 2. The molecular formula is C15H23ClN2O2. The van der Waals surface area contributed by atoms with Gasteiger partial charge in [0.05, 0.1) is 0 Å². The number of aryl methyl sites for hydroxylation is 1. The molecule has 0 heterocycles. The van der Waals surface area contributed by atoms with Crippen LogP contribution in [0.5, 0.6) is 0 Å². The van der Waals surface area contributed by atoms with Gasteiger partial charge in [0.1, 0.15) is 5.60 Å². The molecule has 0 aliphatic rings. The smallest absolute Gasteiger partial charge is 0.407 e. The van der Waals surface area contributed by atoms with Crippen LogP contribution in [-0.4, -0.2) is 24.8 Å². The van der Waals surface area contributed by atoms with Gasteiger partial charge >= 0.3 is 6.09 Å². The third-order valence-corrected chi connectivity index (χ3v) is 3.35. The summed E-state index contributed by atoms with van der Waals surface area (Å²) in [6, 6.07) is 5.82. The molecule has 1 unspecified atom stereocenters. The summed E-state index contributed by atoms with van der Waals surface area (Å²) in [5.74, 6) is -0.0325. The van der Waals surface area contributed by atoms with Gasteiger partial charge in [0.2, 0.25) is 0 Å². The summed E-state index contributed by atoms with van der Waals surface area (Å²) < 4.78 is 5.20. The standard InChI is InChI=1S/C15H23ClN2O2/c1-10-6-5-7-12(13(10)16)11(8-17)9-18-14(19)20-15(2,3)4/h5-7,11H,8-9,17H2,1-4H3,(H,18,19). The summed E-state index contributed by atoms with van der Waals surface area (Å²) >= 11 is 6.29. The van der Waals surface area contributed by atoms with Crippen molar-refractivity contribution in [2.75, 3.05) is 13.1 Å². The Balaban J connectivity index is 2.69. The van der Waals surface area contributed by atoms with Crippen LogP contribution in [0.25, 0.3) is 0 Å². The van der Waals surface area contributed by atoms with Gasteiger partial charge in [0.25, 0.3) is 0 Å². The lowest BCUT2D eigenvalue weighted by molar-refractivity contribution is 0.0525. The van der Waals surface area contributed by atoms with Gasteiger partial charge in [0, 0.05) is 24.0 Å². The predicted molar refractivity (Wildman–Crippen MR) is 82.2 cm³/mol. The highest BCUT2D eigenvalue weighted by atomic mass is 35.5. The minimum absolute atomic E-state index is 0.0325. The molecule has 0 radical (unpaired) electrons. The molecule has 3 N–H and O–H groups in total. The van der Waals surface area contributed by atoms with Gasteiger partial charge in [-0.25, -0.2) is 4.79 Å². The van der Waals surface area contributed by atoms with Crippen molar-refractivity contribution in [1.29, 1.82) is 0 Å². The van der Waals surface area contributed by atoms with Crippen molar-refractivity contribution < 1.29 is 9.53 Å². The number of carbonyl (C=O) groups excluding carboxylic acids is 1. The first-order chi connectivity index (χ1) is 9.24. The van der Waals surface area contributed by atoms with Gasteiger partial charge in [-0.05, 0) is 38.8 Å². The van der Waals surface area contributed by atoms with E-state index in [2.05, 4.69) is 5.32 Å². The van der Waals surface area contributed by atoms with Gasteiger partial charge in [0.15, 0.2) is 0 Å². The first-order valence-corrected chi connectivity index (χ1v) is 7.04. The summed E-state index contributed by atoms with van der Waals surface area (Å²) in [6.07, 6.45) is -0.445. The maximum Gasteiger partial charge on any atom is 0.407 e. The Morgan fingerprint density at radius 3 is 2.65 bits per heavy atom. The monoisotopic (exact) mass is 298 g/mol. The van der Waals surface area contributed by atoms with Crippen molar-refractivity contribution in [2.45, 2.75) is 39.2 Å². The van der Waals surface area contributed by atoms with E-state index in [-0.39, 0.29) is 5.92 Å². The van der Waals surface area contributed by atoms with E-state index >= 15 is 0 Å². The van der Waals surface area contributed by atoms with Crippen molar-refractivity contribution in [2.24, 2.45) is 5.73 Å². The zero-order valence-electron chi connectivity index (χ0n) is 12.5. The van der Waals surface area contributed by atoms with E-state index in [1.807, 2.05) is 45.9 Å². The van der Waals surface area contributed by atoms with Crippen LogP contribution in [0.15, 0.2) is 18.2 Å². The highest BCUT2D eigenvalue weighted by Crippen LogP contribution is 2.26. The third-order valence-electron chi connectivity index (χ3n) is 2.84. The maximum absolute atomic E-state index is 11.7. The van der Waals surface area contributed by atoms with E-state index in [0.29, 0.717) is 18.1 Å². The van der Waals surface area contributed by atoms with Crippen LogP contribution in [-0.2, 0) is 4.74 Å². The van der Waals surface area contributed by atoms with E-state index in [4.69, 9.17) is 22.1 Å². The number of amides is 1. The highest BCUT2D eigenvalue weighted by Gasteiger charge is 2.19. The second kappa shape index (κ2) is 6.95. The first-order valence-electron chi connectivity index (χ1n) is 6.66. The van der Waals surface area contributed by atoms with Crippen LogP contribution in [0.2, 0.25) is 5.02 Å². The van der Waals surface area contributed by atoms with E-state index < -0.39 is 11.7 Å². The molecule has 0 aromatic heterocycles. The molecule has 0 aliphatic carbocycles. The quantitative estimate of drug-likeness (QED) is 0.897. The van der Waals surface area contributed by atoms with Crippen molar-refractivity contribution in [1.82, 2.24) is 5.32 Å². The Morgan fingerprint density at radius 1 is 1.45 bits per heavy atom. The highest BCUT2D eigenvalue weighted by molar-refractivity contribution is 6.32. The molecule has 5 heteroatoms. The summed E-state index contributed by atoms with van der Waals surface area (Å²) in [7, 11) is 0. The Labute approximate surface area is 125 Å². The normalized spacial score (nSPS) is 12.9. The molecule has 1 rings (SSSR count). The minimum Gasteiger partial charge on any atom is -0.444 e. The fourth-order valence-electron chi connectivity index (χ4n) is 1.83. The number of halogens is 1. The fraction of sp³-hybridized carbons (Fsp3) is 0.533. The van der Waals surface area contributed by atoms with Crippen LogP contribution in [0.1, 0.15) is 37.8 Å². The molecule has 1 aromatic carbocycles. The predicted octanol–water partition coefficient (Wildman–Crippen LogP) is 3.22. The molecule has 0 saturated carbocycles. The molecule has 1 atom stereocenters. The van der Waals surface area contributed by atoms with E-state index in [1.54, 1.807) is 0 Å². The molecule has 0 saturated heterocycles. The van der Waals surface area contributed by atoms with Crippen molar-refractivity contribution in [3.63, 3.8) is 0 Å². The number of ether oxygens (including phenoxy) is 1. The second-order valence-corrected chi connectivity index (χ2v) is 6.17. The molecule has 20 heavy (non-hydrogen) atoms.